The number of nitrogens with zero attached hydrogens (tertiary/aromatic N) is 4. The minimum atomic E-state index is -2.91. The first-order valence-corrected chi connectivity index (χ1v) is 9.03. The number of halogens is 2. The van der Waals surface area contributed by atoms with E-state index in [1.807, 2.05) is 24.3 Å². The Kier molecular flexibility index (Phi) is 5.16. The van der Waals surface area contributed by atoms with Crippen LogP contribution in [0, 0.1) is 0 Å². The summed E-state index contributed by atoms with van der Waals surface area (Å²) in [6.45, 7) is -0.260. The van der Waals surface area contributed by atoms with Gasteiger partial charge < -0.3 is 14.5 Å². The largest absolute Gasteiger partial charge is 0.415 e. The average Bonchev–Trinajstić information content (AvgIpc) is 2.86. The number of alkyl halides is 2. The molecule has 0 radical (unpaired) electrons. The number of ether oxygens (including phenoxy) is 1. The van der Waals surface area contributed by atoms with E-state index in [-0.39, 0.29) is 5.88 Å². The Balaban J connectivity index is 1.68. The lowest BCUT2D eigenvalue weighted by atomic mass is 10.0. The van der Waals surface area contributed by atoms with Crippen LogP contribution in [0.1, 0.15) is 5.56 Å². The smallest absolute Gasteiger partial charge is 0.388 e. The Morgan fingerprint density at radius 1 is 0.964 bits per heavy atom. The fraction of sp³-hybridized carbons (Fsp3) is 0.238. The molecule has 0 atom stereocenters. The molecule has 0 amide bonds. The molecule has 0 spiro atoms. The third-order valence-electron chi connectivity index (χ3n) is 4.73. The highest BCUT2D eigenvalue weighted by Gasteiger charge is 2.20. The first-order chi connectivity index (χ1) is 13.6. The highest BCUT2D eigenvalue weighted by Crippen LogP contribution is 2.34. The van der Waals surface area contributed by atoms with Crippen LogP contribution < -0.4 is 9.64 Å². The van der Waals surface area contributed by atoms with E-state index in [1.165, 1.54) is 11.6 Å². The number of likely N-dealkylation sites (N-methyl/N-ethyl adjacent to an activating group) is 1. The molecule has 0 unspecified atom stereocenters. The molecule has 0 bridgehead atoms. The number of aromatic nitrogens is 2. The van der Waals surface area contributed by atoms with E-state index >= 15 is 0 Å². The minimum absolute atomic E-state index is 0.191. The molecule has 5 nitrogen and oxygen atoms in total. The van der Waals surface area contributed by atoms with Crippen LogP contribution >= 0.6 is 0 Å². The van der Waals surface area contributed by atoms with E-state index in [4.69, 9.17) is 0 Å². The Bertz CT molecular complexity index is 935. The summed E-state index contributed by atoms with van der Waals surface area (Å²) < 4.78 is 28.8. The Morgan fingerprint density at radius 3 is 2.50 bits per heavy atom. The summed E-state index contributed by atoms with van der Waals surface area (Å²) in [4.78, 5) is 4.59. The maximum atomic E-state index is 12.3. The van der Waals surface area contributed by atoms with Crippen molar-refractivity contribution in [1.29, 1.82) is 0 Å². The van der Waals surface area contributed by atoms with Gasteiger partial charge in [0.05, 0.1) is 5.69 Å². The van der Waals surface area contributed by atoms with Gasteiger partial charge in [0, 0.05) is 42.6 Å². The van der Waals surface area contributed by atoms with Crippen LogP contribution in [0.5, 0.6) is 5.88 Å². The van der Waals surface area contributed by atoms with Gasteiger partial charge in [-0.2, -0.15) is 8.78 Å². The third kappa shape index (κ3) is 3.94. The van der Waals surface area contributed by atoms with Gasteiger partial charge in [-0.15, -0.1) is 10.2 Å². The van der Waals surface area contributed by atoms with Crippen LogP contribution in [0.4, 0.5) is 20.2 Å². The number of para-hydroxylation sites is 1. The molecule has 2 aromatic carbocycles. The zero-order valence-electron chi connectivity index (χ0n) is 15.4. The highest BCUT2D eigenvalue weighted by molar-refractivity contribution is 5.72. The van der Waals surface area contributed by atoms with Crippen LogP contribution in [0.15, 0.2) is 60.7 Å². The summed E-state index contributed by atoms with van der Waals surface area (Å²) in [5, 5.41) is 7.77. The van der Waals surface area contributed by atoms with Crippen molar-refractivity contribution in [2.75, 3.05) is 25.0 Å². The maximum Gasteiger partial charge on any atom is 0.388 e. The standard InChI is InChI=1S/C21H20F2N4O/c1-26-11-12-27(17-5-3-2-4-6-17)19-9-7-15(13-16(19)14-26)18-8-10-20(25-24-18)28-21(22)23/h2-10,13,21H,11-12,14H2,1H3. The van der Waals surface area contributed by atoms with Crippen molar-refractivity contribution >= 4 is 11.4 Å². The van der Waals surface area contributed by atoms with E-state index in [2.05, 4.69) is 56.0 Å². The predicted molar refractivity (Wildman–Crippen MR) is 104 cm³/mol. The van der Waals surface area contributed by atoms with E-state index in [1.54, 1.807) is 6.07 Å². The average molecular weight is 382 g/mol. The lowest BCUT2D eigenvalue weighted by Crippen LogP contribution is -2.26. The molecule has 7 heteroatoms. The van der Waals surface area contributed by atoms with Crippen molar-refractivity contribution < 1.29 is 13.5 Å². The molecule has 2 heterocycles. The molecular formula is C21H20F2N4O. The van der Waals surface area contributed by atoms with Crippen LogP contribution in [0.2, 0.25) is 0 Å². The second kappa shape index (κ2) is 7.90. The highest BCUT2D eigenvalue weighted by atomic mass is 19.3. The molecule has 1 aliphatic heterocycles. The van der Waals surface area contributed by atoms with E-state index in [0.29, 0.717) is 5.69 Å². The molecule has 1 aromatic heterocycles. The van der Waals surface area contributed by atoms with Crippen molar-refractivity contribution in [3.8, 4) is 17.1 Å². The van der Waals surface area contributed by atoms with Crippen molar-refractivity contribution in [3.05, 3.63) is 66.2 Å². The van der Waals surface area contributed by atoms with Crippen molar-refractivity contribution in [3.63, 3.8) is 0 Å². The summed E-state index contributed by atoms with van der Waals surface area (Å²) >= 11 is 0. The first-order valence-electron chi connectivity index (χ1n) is 9.03. The molecule has 0 N–H and O–H groups in total. The second-order valence-corrected chi connectivity index (χ2v) is 6.70. The molecule has 1 aliphatic rings. The first kappa shape index (κ1) is 18.3. The zero-order chi connectivity index (χ0) is 19.5. The van der Waals surface area contributed by atoms with Crippen LogP contribution in [0.3, 0.4) is 0 Å². The zero-order valence-corrected chi connectivity index (χ0v) is 15.4. The van der Waals surface area contributed by atoms with Crippen molar-refractivity contribution in [2.45, 2.75) is 13.2 Å². The van der Waals surface area contributed by atoms with Crippen LogP contribution in [0.25, 0.3) is 11.3 Å². The third-order valence-corrected chi connectivity index (χ3v) is 4.73. The monoisotopic (exact) mass is 382 g/mol. The van der Waals surface area contributed by atoms with E-state index in [9.17, 15) is 8.78 Å². The number of hydrogen-bond donors (Lipinski definition) is 0. The Hall–Kier alpha value is -3.06. The lowest BCUT2D eigenvalue weighted by Gasteiger charge is -2.25. The molecule has 0 fully saturated rings. The van der Waals surface area contributed by atoms with E-state index < -0.39 is 6.61 Å². The van der Waals surface area contributed by atoms with Crippen molar-refractivity contribution in [1.82, 2.24) is 15.1 Å². The summed E-state index contributed by atoms with van der Waals surface area (Å²) in [6, 6.07) is 19.5. The van der Waals surface area contributed by atoms with Gasteiger partial charge in [0.25, 0.3) is 0 Å². The van der Waals surface area contributed by atoms with Crippen LogP contribution in [-0.2, 0) is 6.54 Å². The molecule has 4 rings (SSSR count). The molecule has 0 aliphatic carbocycles. The fourth-order valence-electron chi connectivity index (χ4n) is 3.40. The summed E-state index contributed by atoms with van der Waals surface area (Å²) in [6.07, 6.45) is 0. The maximum absolute atomic E-state index is 12.3. The molecule has 144 valence electrons. The lowest BCUT2D eigenvalue weighted by molar-refractivity contribution is -0.0534. The Labute approximate surface area is 162 Å². The van der Waals surface area contributed by atoms with Crippen molar-refractivity contribution in [2.24, 2.45) is 0 Å². The van der Waals surface area contributed by atoms with Gasteiger partial charge in [-0.3, -0.25) is 0 Å². The number of rotatable bonds is 4. The normalized spacial score (nSPS) is 14.6. The van der Waals surface area contributed by atoms with Gasteiger partial charge >= 0.3 is 6.61 Å². The predicted octanol–water partition coefficient (Wildman–Crippen LogP) is 4.33. The number of hydrogen-bond acceptors (Lipinski definition) is 5. The van der Waals surface area contributed by atoms with Gasteiger partial charge in [-0.25, -0.2) is 0 Å². The topological polar surface area (TPSA) is 41.5 Å². The molecular weight excluding hydrogens is 362 g/mol. The van der Waals surface area contributed by atoms with Gasteiger partial charge in [-0.05, 0) is 42.9 Å². The summed E-state index contributed by atoms with van der Waals surface area (Å²) in [5.41, 5.74) is 4.99. The van der Waals surface area contributed by atoms with Gasteiger partial charge in [0.1, 0.15) is 0 Å². The van der Waals surface area contributed by atoms with Gasteiger partial charge in [-0.1, -0.05) is 24.3 Å². The summed E-state index contributed by atoms with van der Waals surface area (Å²) in [7, 11) is 2.10. The Morgan fingerprint density at radius 2 is 1.79 bits per heavy atom. The molecule has 0 saturated heterocycles. The quantitative estimate of drug-likeness (QED) is 0.672. The van der Waals surface area contributed by atoms with Gasteiger partial charge in [0.2, 0.25) is 5.88 Å². The second-order valence-electron chi connectivity index (χ2n) is 6.70. The molecule has 3 aromatic rings. The molecule has 0 saturated carbocycles. The van der Waals surface area contributed by atoms with Crippen LogP contribution in [-0.4, -0.2) is 41.8 Å². The molecule has 28 heavy (non-hydrogen) atoms. The fourth-order valence-corrected chi connectivity index (χ4v) is 3.40. The van der Waals surface area contributed by atoms with E-state index in [0.717, 1.165) is 36.6 Å². The summed E-state index contributed by atoms with van der Waals surface area (Å²) in [5.74, 6) is -0.191. The SMILES string of the molecule is CN1CCN(c2ccccc2)c2ccc(-c3ccc(OC(F)F)nn3)cc2C1. The minimum Gasteiger partial charge on any atom is -0.415 e. The number of anilines is 2. The number of fused-ring (bicyclic) bond motifs is 1. The van der Waals surface area contributed by atoms with Gasteiger partial charge in [0.15, 0.2) is 0 Å². The number of benzene rings is 2.